The van der Waals surface area contributed by atoms with Crippen LogP contribution in [0, 0.1) is 5.92 Å². The predicted molar refractivity (Wildman–Crippen MR) is 131 cm³/mol. The first-order valence-corrected chi connectivity index (χ1v) is 12.7. The van der Waals surface area contributed by atoms with Crippen LogP contribution in [0.4, 0.5) is 0 Å². The predicted octanol–water partition coefficient (Wildman–Crippen LogP) is 0.189. The number of fused-ring (bicyclic) bond motifs is 1. The molecule has 2 saturated heterocycles. The van der Waals surface area contributed by atoms with Crippen LogP contribution in [-0.4, -0.2) is 72.7 Å². The van der Waals surface area contributed by atoms with Crippen molar-refractivity contribution in [3.8, 4) is 5.75 Å². The SMILES string of the molecule is NCCCCCNC(=O)[C@H]1C[C@H]2C(=O)N[C@@H](CCCCN)C(=O)N2[C@H]1c1cccc(OCCO)c1. The van der Waals surface area contributed by atoms with Gasteiger partial charge in [0.25, 0.3) is 0 Å². The van der Waals surface area contributed by atoms with Gasteiger partial charge in [0, 0.05) is 6.54 Å². The number of benzene rings is 1. The largest absolute Gasteiger partial charge is 0.491 e. The quantitative estimate of drug-likeness (QED) is 0.233. The molecular weight excluding hydrogens is 450 g/mol. The standard InChI is InChI=1S/C25H39N5O5/c26-10-3-1-5-12-28-23(32)19-16-21-24(33)29-20(9-2-4-11-27)25(34)30(21)22(19)17-7-6-8-18(15-17)35-14-13-31/h6-8,15,19-22,31H,1-5,9-14,16,26-27H2,(H,28,32)(H,29,33)/t19-,20-,21-,22-/m0/s1. The zero-order valence-corrected chi connectivity index (χ0v) is 20.3. The minimum absolute atomic E-state index is 0.125. The maximum Gasteiger partial charge on any atom is 0.246 e. The summed E-state index contributed by atoms with van der Waals surface area (Å²) in [5, 5.41) is 15.0. The smallest absolute Gasteiger partial charge is 0.246 e. The third-order valence-electron chi connectivity index (χ3n) is 6.69. The molecule has 10 nitrogen and oxygen atoms in total. The first kappa shape index (κ1) is 26.9. The Hall–Kier alpha value is -2.69. The van der Waals surface area contributed by atoms with E-state index in [0.29, 0.717) is 31.8 Å². The molecule has 0 unspecified atom stereocenters. The van der Waals surface area contributed by atoms with Crippen LogP contribution in [0.25, 0.3) is 0 Å². The number of aliphatic hydroxyl groups excluding tert-OH is 1. The molecule has 2 heterocycles. The lowest BCUT2D eigenvalue weighted by atomic mass is 9.92. The molecule has 2 aliphatic rings. The third-order valence-corrected chi connectivity index (χ3v) is 6.69. The molecule has 1 aromatic rings. The minimum atomic E-state index is -0.701. The summed E-state index contributed by atoms with van der Waals surface area (Å²) in [5.41, 5.74) is 11.9. The summed E-state index contributed by atoms with van der Waals surface area (Å²) in [6, 6.07) is 5.28. The maximum absolute atomic E-state index is 13.6. The van der Waals surface area contributed by atoms with Crippen molar-refractivity contribution in [1.29, 1.82) is 0 Å². The molecule has 194 valence electrons. The van der Waals surface area contributed by atoms with Crippen LogP contribution in [0.1, 0.15) is 56.6 Å². The number of carbonyl (C=O) groups excluding carboxylic acids is 3. The first-order chi connectivity index (χ1) is 17.0. The van der Waals surface area contributed by atoms with Gasteiger partial charge in [-0.1, -0.05) is 18.6 Å². The fourth-order valence-corrected chi connectivity index (χ4v) is 4.98. The van der Waals surface area contributed by atoms with Gasteiger partial charge in [-0.05, 0) is 69.3 Å². The Labute approximate surface area is 206 Å². The van der Waals surface area contributed by atoms with Crippen molar-refractivity contribution >= 4 is 17.7 Å². The van der Waals surface area contributed by atoms with Gasteiger partial charge in [-0.25, -0.2) is 0 Å². The molecule has 2 fully saturated rings. The molecule has 10 heteroatoms. The molecule has 0 radical (unpaired) electrons. The van der Waals surface area contributed by atoms with Crippen LogP contribution in [0.5, 0.6) is 5.75 Å². The zero-order valence-electron chi connectivity index (χ0n) is 20.3. The van der Waals surface area contributed by atoms with Gasteiger partial charge >= 0.3 is 0 Å². The molecule has 1 aromatic carbocycles. The van der Waals surface area contributed by atoms with E-state index in [1.165, 1.54) is 0 Å². The summed E-state index contributed by atoms with van der Waals surface area (Å²) >= 11 is 0. The van der Waals surface area contributed by atoms with Crippen LogP contribution in [0.15, 0.2) is 24.3 Å². The zero-order chi connectivity index (χ0) is 25.2. The highest BCUT2D eigenvalue weighted by Gasteiger charge is 2.54. The first-order valence-electron chi connectivity index (χ1n) is 12.7. The van der Waals surface area contributed by atoms with Crippen molar-refractivity contribution in [2.45, 2.75) is 63.1 Å². The minimum Gasteiger partial charge on any atom is -0.491 e. The second-order valence-electron chi connectivity index (χ2n) is 9.18. The second-order valence-corrected chi connectivity index (χ2v) is 9.18. The van der Waals surface area contributed by atoms with Gasteiger partial charge in [-0.2, -0.15) is 0 Å². The molecule has 0 spiro atoms. The molecule has 0 aromatic heterocycles. The summed E-state index contributed by atoms with van der Waals surface area (Å²) in [4.78, 5) is 41.5. The Morgan fingerprint density at radius 2 is 1.91 bits per heavy atom. The number of aliphatic hydroxyl groups is 1. The Balaban J connectivity index is 1.86. The molecule has 35 heavy (non-hydrogen) atoms. The van der Waals surface area contributed by atoms with Crippen molar-refractivity contribution in [3.63, 3.8) is 0 Å². The van der Waals surface area contributed by atoms with Gasteiger partial charge < -0.3 is 36.8 Å². The van der Waals surface area contributed by atoms with Gasteiger partial charge in [-0.15, -0.1) is 0 Å². The Bertz CT molecular complexity index is 866. The monoisotopic (exact) mass is 489 g/mol. The highest BCUT2D eigenvalue weighted by atomic mass is 16.5. The molecule has 3 rings (SSSR count). The van der Waals surface area contributed by atoms with Crippen molar-refractivity contribution in [3.05, 3.63) is 29.8 Å². The molecule has 0 bridgehead atoms. The number of nitrogens with one attached hydrogen (secondary N) is 2. The molecule has 2 aliphatic heterocycles. The number of nitrogens with zero attached hydrogens (tertiary/aromatic N) is 1. The van der Waals surface area contributed by atoms with E-state index in [2.05, 4.69) is 10.6 Å². The second kappa shape index (κ2) is 13.4. The summed E-state index contributed by atoms with van der Waals surface area (Å²) < 4.78 is 5.57. The fourth-order valence-electron chi connectivity index (χ4n) is 4.98. The number of carbonyl (C=O) groups is 3. The number of hydrogen-bond donors (Lipinski definition) is 5. The van der Waals surface area contributed by atoms with E-state index >= 15 is 0 Å². The van der Waals surface area contributed by atoms with E-state index in [9.17, 15) is 14.4 Å². The number of amides is 3. The average Bonchev–Trinajstić information content (AvgIpc) is 3.27. The van der Waals surface area contributed by atoms with E-state index in [-0.39, 0.29) is 37.4 Å². The van der Waals surface area contributed by atoms with Crippen LogP contribution in [0.2, 0.25) is 0 Å². The van der Waals surface area contributed by atoms with Crippen LogP contribution in [-0.2, 0) is 14.4 Å². The molecule has 0 aliphatic carbocycles. The van der Waals surface area contributed by atoms with Crippen molar-refractivity contribution < 1.29 is 24.2 Å². The third kappa shape index (κ3) is 6.71. The molecule has 7 N–H and O–H groups in total. The Kier molecular flexibility index (Phi) is 10.3. The number of hydrogen-bond acceptors (Lipinski definition) is 7. The fraction of sp³-hybridized carbons (Fsp3) is 0.640. The van der Waals surface area contributed by atoms with Gasteiger partial charge in [0.15, 0.2) is 0 Å². The maximum atomic E-state index is 13.6. The average molecular weight is 490 g/mol. The van der Waals surface area contributed by atoms with Gasteiger partial charge in [-0.3, -0.25) is 14.4 Å². The molecular formula is C25H39N5O5. The number of unbranched alkanes of at least 4 members (excludes halogenated alkanes) is 3. The molecule has 4 atom stereocenters. The van der Waals surface area contributed by atoms with Crippen molar-refractivity contribution in [2.24, 2.45) is 17.4 Å². The lowest BCUT2D eigenvalue weighted by molar-refractivity contribution is -0.149. The number of rotatable bonds is 14. The van der Waals surface area contributed by atoms with E-state index in [0.717, 1.165) is 37.7 Å². The molecule has 0 saturated carbocycles. The highest BCUT2D eigenvalue weighted by Crippen LogP contribution is 2.44. The van der Waals surface area contributed by atoms with E-state index in [4.69, 9.17) is 21.3 Å². The lowest BCUT2D eigenvalue weighted by Crippen LogP contribution is -2.61. The van der Waals surface area contributed by atoms with E-state index < -0.39 is 24.0 Å². The van der Waals surface area contributed by atoms with E-state index in [1.54, 1.807) is 23.1 Å². The summed E-state index contributed by atoms with van der Waals surface area (Å²) in [6.45, 7) is 1.68. The summed E-state index contributed by atoms with van der Waals surface area (Å²) in [5.74, 6) is -0.594. The summed E-state index contributed by atoms with van der Waals surface area (Å²) in [7, 11) is 0. The number of ether oxygens (including phenoxy) is 1. The van der Waals surface area contributed by atoms with Crippen LogP contribution >= 0.6 is 0 Å². The van der Waals surface area contributed by atoms with Crippen molar-refractivity contribution in [2.75, 3.05) is 32.8 Å². The highest BCUT2D eigenvalue weighted by molar-refractivity contribution is 5.99. The normalized spacial score (nSPS) is 23.7. The van der Waals surface area contributed by atoms with Gasteiger partial charge in [0.2, 0.25) is 17.7 Å². The Morgan fingerprint density at radius 3 is 2.66 bits per heavy atom. The van der Waals surface area contributed by atoms with Crippen LogP contribution in [0.3, 0.4) is 0 Å². The van der Waals surface area contributed by atoms with Gasteiger partial charge in [0.05, 0.1) is 18.6 Å². The topological polar surface area (TPSA) is 160 Å². The number of piperazine rings is 1. The summed E-state index contributed by atoms with van der Waals surface area (Å²) in [6.07, 6.45) is 4.91. The molecule has 3 amide bonds. The van der Waals surface area contributed by atoms with Crippen molar-refractivity contribution in [1.82, 2.24) is 15.5 Å². The van der Waals surface area contributed by atoms with Gasteiger partial charge in [0.1, 0.15) is 24.4 Å². The van der Waals surface area contributed by atoms with E-state index in [1.807, 2.05) is 6.07 Å². The lowest BCUT2D eigenvalue weighted by Gasteiger charge is -2.38. The Morgan fingerprint density at radius 1 is 1.14 bits per heavy atom. The van der Waals surface area contributed by atoms with Crippen LogP contribution < -0.4 is 26.8 Å². The number of nitrogens with two attached hydrogens (primary N) is 2.